The summed E-state index contributed by atoms with van der Waals surface area (Å²) in [6, 6.07) is 0. The molecule has 0 amide bonds. The van der Waals surface area contributed by atoms with Gasteiger partial charge in [-0.15, -0.1) is 0 Å². The fourth-order valence-corrected chi connectivity index (χ4v) is 0.250. The summed E-state index contributed by atoms with van der Waals surface area (Å²) in [7, 11) is 0. The van der Waals surface area contributed by atoms with Crippen molar-refractivity contribution in [3.8, 4) is 0 Å². The van der Waals surface area contributed by atoms with Gasteiger partial charge in [0.05, 0.1) is 0 Å². The first-order valence-electron chi connectivity index (χ1n) is 2.12. The molecule has 0 bridgehead atoms. The zero-order chi connectivity index (χ0) is 4.12. The van der Waals surface area contributed by atoms with Gasteiger partial charge in [-0.2, -0.15) is 0 Å². The Morgan fingerprint density at radius 2 is 1.50 bits per heavy atom. The van der Waals surface area contributed by atoms with Crippen LogP contribution in [0.3, 0.4) is 0 Å². The summed E-state index contributed by atoms with van der Waals surface area (Å²) in [6.45, 7) is 6.39. The molecule has 38 valence electrons. The van der Waals surface area contributed by atoms with Crippen LogP contribution >= 0.6 is 0 Å². The van der Waals surface area contributed by atoms with E-state index < -0.39 is 0 Å². The first kappa shape index (κ1) is 9.82. The number of hydrogen-bond acceptors (Lipinski definition) is 1. The van der Waals surface area contributed by atoms with E-state index >= 15 is 0 Å². The summed E-state index contributed by atoms with van der Waals surface area (Å²) >= 11 is 0. The molecule has 0 saturated heterocycles. The van der Waals surface area contributed by atoms with E-state index in [9.17, 15) is 0 Å². The standard InChI is InChI=1S/C4H11N.W/c1-3-5-4-2;/h5H,3-4H2,1-2H3;. The van der Waals surface area contributed by atoms with Crippen LogP contribution in [0.5, 0.6) is 0 Å². The molecule has 0 radical (unpaired) electrons. The second-order valence-electron chi connectivity index (χ2n) is 0.957. The van der Waals surface area contributed by atoms with Gasteiger partial charge in [0, 0.05) is 21.1 Å². The van der Waals surface area contributed by atoms with Crippen molar-refractivity contribution in [3.63, 3.8) is 0 Å². The van der Waals surface area contributed by atoms with Crippen molar-refractivity contribution in [2.75, 3.05) is 13.1 Å². The first-order chi connectivity index (χ1) is 2.41. The van der Waals surface area contributed by atoms with Crippen molar-refractivity contribution in [2.45, 2.75) is 13.8 Å². The average molecular weight is 257 g/mol. The van der Waals surface area contributed by atoms with E-state index in [-0.39, 0.29) is 21.1 Å². The van der Waals surface area contributed by atoms with E-state index in [0.29, 0.717) is 0 Å². The SMILES string of the molecule is CCNCC.[W]. The maximum atomic E-state index is 3.11. The molecular weight excluding hydrogens is 246 g/mol. The van der Waals surface area contributed by atoms with Gasteiger partial charge in [0.25, 0.3) is 0 Å². The third kappa shape index (κ3) is 8.82. The molecule has 0 aromatic carbocycles. The van der Waals surface area contributed by atoms with Crippen molar-refractivity contribution in [1.29, 1.82) is 0 Å². The van der Waals surface area contributed by atoms with Crippen LogP contribution in [0, 0.1) is 0 Å². The molecule has 1 nitrogen and oxygen atoms in total. The fourth-order valence-electron chi connectivity index (χ4n) is 0.250. The van der Waals surface area contributed by atoms with Crippen molar-refractivity contribution in [3.05, 3.63) is 0 Å². The van der Waals surface area contributed by atoms with Crippen LogP contribution in [0.4, 0.5) is 0 Å². The van der Waals surface area contributed by atoms with Crippen molar-refractivity contribution in [1.82, 2.24) is 5.32 Å². The molecule has 1 N–H and O–H groups in total. The van der Waals surface area contributed by atoms with Gasteiger partial charge in [-0.05, 0) is 13.1 Å². The van der Waals surface area contributed by atoms with Crippen molar-refractivity contribution >= 4 is 0 Å². The average Bonchev–Trinajstić information content (AvgIpc) is 1.41. The quantitative estimate of drug-likeness (QED) is 0.764. The third-order valence-electron chi connectivity index (χ3n) is 0.500. The van der Waals surface area contributed by atoms with Gasteiger partial charge in [0.1, 0.15) is 0 Å². The van der Waals surface area contributed by atoms with Crippen LogP contribution in [0.1, 0.15) is 13.8 Å². The van der Waals surface area contributed by atoms with E-state index in [2.05, 4.69) is 19.2 Å². The van der Waals surface area contributed by atoms with Gasteiger partial charge < -0.3 is 5.32 Å². The minimum absolute atomic E-state index is 0. The maximum absolute atomic E-state index is 3.11. The molecule has 0 saturated carbocycles. The Labute approximate surface area is 53.8 Å². The molecule has 0 heterocycles. The molecule has 0 aromatic heterocycles. The van der Waals surface area contributed by atoms with Crippen LogP contribution in [0.15, 0.2) is 0 Å². The van der Waals surface area contributed by atoms with E-state index in [4.69, 9.17) is 0 Å². The van der Waals surface area contributed by atoms with Crippen molar-refractivity contribution in [2.24, 2.45) is 0 Å². The Morgan fingerprint density at radius 3 is 1.50 bits per heavy atom. The second kappa shape index (κ2) is 9.17. The molecule has 0 unspecified atom stereocenters. The molecule has 0 atom stereocenters. The van der Waals surface area contributed by atoms with Gasteiger partial charge in [-0.1, -0.05) is 13.8 Å². The predicted octanol–water partition coefficient (Wildman–Crippen LogP) is 0.613. The fraction of sp³-hybridized carbons (Fsp3) is 1.00. The largest absolute Gasteiger partial charge is 0.317 e. The third-order valence-corrected chi connectivity index (χ3v) is 0.500. The molecule has 0 spiro atoms. The van der Waals surface area contributed by atoms with Gasteiger partial charge >= 0.3 is 0 Å². The van der Waals surface area contributed by atoms with Crippen LogP contribution in [0.25, 0.3) is 0 Å². The molecular formula is C4H11NW. The topological polar surface area (TPSA) is 12.0 Å². The van der Waals surface area contributed by atoms with Crippen LogP contribution < -0.4 is 5.32 Å². The molecule has 0 fully saturated rings. The van der Waals surface area contributed by atoms with Gasteiger partial charge in [0.15, 0.2) is 0 Å². The smallest absolute Gasteiger partial charge is 0 e. The van der Waals surface area contributed by atoms with E-state index in [1.165, 1.54) is 0 Å². The number of nitrogens with one attached hydrogen (secondary N) is 1. The molecule has 0 aliphatic rings. The Kier molecular flexibility index (Phi) is 15.0. The van der Waals surface area contributed by atoms with Gasteiger partial charge in [-0.25, -0.2) is 0 Å². The summed E-state index contributed by atoms with van der Waals surface area (Å²) in [6.07, 6.45) is 0. The van der Waals surface area contributed by atoms with Crippen LogP contribution in [-0.4, -0.2) is 13.1 Å². The van der Waals surface area contributed by atoms with E-state index in [1.807, 2.05) is 0 Å². The molecule has 0 aliphatic heterocycles. The summed E-state index contributed by atoms with van der Waals surface area (Å²) in [5.74, 6) is 0. The molecule has 0 aromatic rings. The Balaban J connectivity index is 0. The monoisotopic (exact) mass is 257 g/mol. The minimum Gasteiger partial charge on any atom is -0.317 e. The van der Waals surface area contributed by atoms with E-state index in [1.54, 1.807) is 0 Å². The minimum atomic E-state index is 0. The molecule has 0 aliphatic carbocycles. The predicted molar refractivity (Wildman–Crippen MR) is 24.2 cm³/mol. The maximum Gasteiger partial charge on any atom is 0 e. The summed E-state index contributed by atoms with van der Waals surface area (Å²) in [5.41, 5.74) is 0. The zero-order valence-corrected chi connectivity index (χ0v) is 7.26. The van der Waals surface area contributed by atoms with Crippen LogP contribution in [-0.2, 0) is 21.1 Å². The Morgan fingerprint density at radius 1 is 1.17 bits per heavy atom. The second-order valence-corrected chi connectivity index (χ2v) is 0.957. The van der Waals surface area contributed by atoms with Gasteiger partial charge in [0.2, 0.25) is 0 Å². The molecule has 2 heteroatoms. The number of rotatable bonds is 2. The first-order valence-corrected chi connectivity index (χ1v) is 2.12. The van der Waals surface area contributed by atoms with Crippen LogP contribution in [0.2, 0.25) is 0 Å². The molecule has 0 rings (SSSR count). The van der Waals surface area contributed by atoms with Gasteiger partial charge in [-0.3, -0.25) is 0 Å². The normalized spacial score (nSPS) is 7.00. The summed E-state index contributed by atoms with van der Waals surface area (Å²) in [4.78, 5) is 0. The molecule has 6 heavy (non-hydrogen) atoms. The summed E-state index contributed by atoms with van der Waals surface area (Å²) < 4.78 is 0. The van der Waals surface area contributed by atoms with E-state index in [0.717, 1.165) is 13.1 Å². The number of hydrogen-bond donors (Lipinski definition) is 1. The Bertz CT molecular complexity index is 15.0. The Hall–Kier alpha value is 0.648. The van der Waals surface area contributed by atoms with Crippen molar-refractivity contribution < 1.29 is 21.1 Å². The summed E-state index contributed by atoms with van der Waals surface area (Å²) in [5, 5.41) is 3.11. The zero-order valence-electron chi connectivity index (χ0n) is 4.32.